The topological polar surface area (TPSA) is 57.6 Å². The molecule has 1 aliphatic rings. The lowest BCUT2D eigenvalue weighted by molar-refractivity contribution is -0.136. The Balaban J connectivity index is 1.72. The van der Waals surface area contributed by atoms with Crippen LogP contribution in [0.3, 0.4) is 0 Å². The molecule has 152 valence electrons. The van der Waals surface area contributed by atoms with E-state index in [9.17, 15) is 14.7 Å². The normalized spacial score (nSPS) is 17.9. The molecule has 0 radical (unpaired) electrons. The zero-order chi connectivity index (χ0) is 21.5. The summed E-state index contributed by atoms with van der Waals surface area (Å²) in [6, 6.07) is 20.5. The summed E-state index contributed by atoms with van der Waals surface area (Å²) in [4.78, 5) is 28.1. The van der Waals surface area contributed by atoms with Crippen molar-refractivity contribution in [2.45, 2.75) is 32.4 Å². The van der Waals surface area contributed by atoms with Crippen LogP contribution in [0.15, 0.2) is 71.2 Å². The van der Waals surface area contributed by atoms with Crippen LogP contribution in [-0.2, 0) is 16.9 Å². The molecule has 4 rings (SSSR count). The predicted molar refractivity (Wildman–Crippen MR) is 121 cm³/mol. The number of benzene rings is 3. The maximum atomic E-state index is 13.4. The summed E-state index contributed by atoms with van der Waals surface area (Å²) >= 11 is 3.43. The lowest BCUT2D eigenvalue weighted by atomic mass is 9.87. The first-order valence-electron chi connectivity index (χ1n) is 9.78. The van der Waals surface area contributed by atoms with Gasteiger partial charge in [-0.1, -0.05) is 70.0 Å². The first-order chi connectivity index (χ1) is 14.3. The quantitative estimate of drug-likeness (QED) is 0.537. The molecule has 1 N–H and O–H groups in total. The maximum Gasteiger partial charge on any atom is 0.264 e. The average Bonchev–Trinajstić information content (AvgIpc) is 2.90. The van der Waals surface area contributed by atoms with Crippen LogP contribution in [0.1, 0.15) is 39.0 Å². The molecular weight excluding hydrogens is 442 g/mol. The van der Waals surface area contributed by atoms with Crippen LogP contribution in [0.25, 0.3) is 0 Å². The monoisotopic (exact) mass is 463 g/mol. The highest BCUT2D eigenvalue weighted by molar-refractivity contribution is 9.10. The maximum absolute atomic E-state index is 13.4. The third kappa shape index (κ3) is 3.59. The van der Waals surface area contributed by atoms with Crippen LogP contribution in [0.2, 0.25) is 0 Å². The number of aryl methyl sites for hydroxylation is 2. The van der Waals surface area contributed by atoms with Gasteiger partial charge in [-0.2, -0.15) is 0 Å². The van der Waals surface area contributed by atoms with E-state index in [1.54, 1.807) is 23.1 Å². The third-order valence-electron chi connectivity index (χ3n) is 5.58. The van der Waals surface area contributed by atoms with E-state index < -0.39 is 11.5 Å². The minimum absolute atomic E-state index is 0.254. The highest BCUT2D eigenvalue weighted by atomic mass is 79.9. The lowest BCUT2D eigenvalue weighted by Crippen LogP contribution is -2.41. The highest BCUT2D eigenvalue weighted by Gasteiger charge is 2.51. The van der Waals surface area contributed by atoms with Gasteiger partial charge in [0.25, 0.3) is 5.91 Å². The van der Waals surface area contributed by atoms with E-state index >= 15 is 0 Å². The Kier molecular flexibility index (Phi) is 5.35. The second kappa shape index (κ2) is 7.82. The van der Waals surface area contributed by atoms with Crippen molar-refractivity contribution >= 4 is 33.3 Å². The van der Waals surface area contributed by atoms with Crippen molar-refractivity contribution in [2.75, 3.05) is 4.90 Å². The van der Waals surface area contributed by atoms with Gasteiger partial charge in [-0.15, -0.1) is 0 Å². The summed E-state index contributed by atoms with van der Waals surface area (Å²) in [6.07, 6.45) is -0.301. The van der Waals surface area contributed by atoms with Gasteiger partial charge in [0.1, 0.15) is 0 Å². The molecule has 3 aromatic rings. The van der Waals surface area contributed by atoms with Gasteiger partial charge < -0.3 is 10.0 Å². The largest absolute Gasteiger partial charge is 0.375 e. The van der Waals surface area contributed by atoms with Crippen molar-refractivity contribution in [1.82, 2.24) is 0 Å². The Hall–Kier alpha value is -2.76. The zero-order valence-electron chi connectivity index (χ0n) is 16.9. The lowest BCUT2D eigenvalue weighted by Gasteiger charge is -2.23. The number of nitrogens with zero attached hydrogens (tertiary/aromatic N) is 1. The smallest absolute Gasteiger partial charge is 0.264 e. The predicted octanol–water partition coefficient (Wildman–Crippen LogP) is 5.07. The van der Waals surface area contributed by atoms with Crippen molar-refractivity contribution < 1.29 is 14.7 Å². The highest BCUT2D eigenvalue weighted by Crippen LogP contribution is 2.44. The molecular formula is C25H22BrNO3. The number of Topliss-reactive ketones (excluding diaryl/α,β-unsaturated/α-hetero) is 1. The Morgan fingerprint density at radius 3 is 2.47 bits per heavy atom. The molecule has 30 heavy (non-hydrogen) atoms. The van der Waals surface area contributed by atoms with E-state index in [0.29, 0.717) is 23.4 Å². The molecule has 0 aromatic heterocycles. The number of halogens is 1. The first kappa shape index (κ1) is 20.5. The van der Waals surface area contributed by atoms with Crippen molar-refractivity contribution in [1.29, 1.82) is 0 Å². The van der Waals surface area contributed by atoms with Gasteiger partial charge in [-0.05, 0) is 43.2 Å². The number of fused-ring (bicyclic) bond motifs is 1. The molecule has 4 nitrogen and oxygen atoms in total. The SMILES string of the molecule is Cc1ccc(C(=O)CC2(O)C(=O)N(Cc3ccccc3)c3ccc(Br)cc32)c(C)c1. The average molecular weight is 464 g/mol. The van der Waals surface area contributed by atoms with E-state index in [1.807, 2.05) is 62.4 Å². The van der Waals surface area contributed by atoms with Crippen molar-refractivity contribution in [3.05, 3.63) is 99.0 Å². The van der Waals surface area contributed by atoms with Crippen LogP contribution < -0.4 is 4.90 Å². The summed E-state index contributed by atoms with van der Waals surface area (Å²) in [5, 5.41) is 11.5. The summed E-state index contributed by atoms with van der Waals surface area (Å²) in [5.41, 5.74) is 2.55. The number of amides is 1. The fourth-order valence-corrected chi connectivity index (χ4v) is 4.43. The van der Waals surface area contributed by atoms with E-state index in [0.717, 1.165) is 21.2 Å². The summed E-state index contributed by atoms with van der Waals surface area (Å²) < 4.78 is 0.744. The van der Waals surface area contributed by atoms with Crippen LogP contribution >= 0.6 is 15.9 Å². The Morgan fingerprint density at radius 2 is 1.77 bits per heavy atom. The molecule has 0 fully saturated rings. The number of hydrogen-bond acceptors (Lipinski definition) is 3. The second-order valence-corrected chi connectivity index (χ2v) is 8.73. The fourth-order valence-electron chi connectivity index (χ4n) is 4.07. The van der Waals surface area contributed by atoms with Gasteiger partial charge in [0, 0.05) is 15.6 Å². The second-order valence-electron chi connectivity index (χ2n) is 7.82. The van der Waals surface area contributed by atoms with Crippen molar-refractivity contribution in [3.8, 4) is 0 Å². The third-order valence-corrected chi connectivity index (χ3v) is 6.07. The van der Waals surface area contributed by atoms with E-state index in [2.05, 4.69) is 15.9 Å². The number of aliphatic hydroxyl groups is 1. The fraction of sp³-hybridized carbons (Fsp3) is 0.200. The molecule has 5 heteroatoms. The van der Waals surface area contributed by atoms with E-state index in [4.69, 9.17) is 0 Å². The number of carbonyl (C=O) groups excluding carboxylic acids is 2. The zero-order valence-corrected chi connectivity index (χ0v) is 18.4. The number of carbonyl (C=O) groups is 2. The number of anilines is 1. The molecule has 1 heterocycles. The van der Waals surface area contributed by atoms with E-state index in [1.165, 1.54) is 0 Å². The Bertz CT molecular complexity index is 1140. The number of ketones is 1. The Morgan fingerprint density at radius 1 is 1.03 bits per heavy atom. The van der Waals surface area contributed by atoms with Crippen molar-refractivity contribution in [2.24, 2.45) is 0 Å². The van der Waals surface area contributed by atoms with Gasteiger partial charge >= 0.3 is 0 Å². The minimum Gasteiger partial charge on any atom is -0.375 e. The number of hydrogen-bond donors (Lipinski definition) is 1. The molecule has 0 aliphatic carbocycles. The van der Waals surface area contributed by atoms with Gasteiger partial charge in [0.15, 0.2) is 11.4 Å². The van der Waals surface area contributed by atoms with Gasteiger partial charge in [0.2, 0.25) is 0 Å². The Labute approximate surface area is 184 Å². The molecule has 0 bridgehead atoms. The number of rotatable bonds is 5. The summed E-state index contributed by atoms with van der Waals surface area (Å²) in [6.45, 7) is 4.16. The van der Waals surface area contributed by atoms with Crippen LogP contribution in [0.5, 0.6) is 0 Å². The summed E-state index contributed by atoms with van der Waals surface area (Å²) in [7, 11) is 0. The molecule has 0 spiro atoms. The van der Waals surface area contributed by atoms with Gasteiger partial charge in [-0.3, -0.25) is 9.59 Å². The van der Waals surface area contributed by atoms with Crippen LogP contribution in [-0.4, -0.2) is 16.8 Å². The van der Waals surface area contributed by atoms with E-state index in [-0.39, 0.29) is 12.2 Å². The summed E-state index contributed by atoms with van der Waals surface area (Å²) in [5.74, 6) is -0.728. The molecule has 0 saturated heterocycles. The van der Waals surface area contributed by atoms with Crippen molar-refractivity contribution in [3.63, 3.8) is 0 Å². The van der Waals surface area contributed by atoms with Gasteiger partial charge in [-0.25, -0.2) is 0 Å². The minimum atomic E-state index is -1.90. The van der Waals surface area contributed by atoms with Gasteiger partial charge in [0.05, 0.1) is 18.7 Å². The molecule has 1 amide bonds. The first-order valence-corrected chi connectivity index (χ1v) is 10.6. The molecule has 3 aromatic carbocycles. The van der Waals surface area contributed by atoms with Crippen LogP contribution in [0.4, 0.5) is 5.69 Å². The molecule has 0 saturated carbocycles. The van der Waals surface area contributed by atoms with Crippen LogP contribution in [0, 0.1) is 13.8 Å². The standard InChI is InChI=1S/C25H22BrNO3/c1-16-8-10-20(17(2)12-16)23(28)14-25(30)21-13-19(26)9-11-22(21)27(24(25)29)15-18-6-4-3-5-7-18/h3-13,30H,14-15H2,1-2H3. The molecule has 1 atom stereocenters. The molecule has 1 unspecified atom stereocenters. The molecule has 1 aliphatic heterocycles.